The number of hydrogen-bond donors (Lipinski definition) is 1. The number of aryl methyl sites for hydroxylation is 1. The minimum atomic E-state index is -0.801. The second-order valence-corrected chi connectivity index (χ2v) is 8.65. The fourth-order valence-electron chi connectivity index (χ4n) is 3.55. The summed E-state index contributed by atoms with van der Waals surface area (Å²) in [5.41, 5.74) is 0.939. The molecule has 1 aromatic rings. The van der Waals surface area contributed by atoms with E-state index in [1.54, 1.807) is 11.3 Å². The highest BCUT2D eigenvalue weighted by Crippen LogP contribution is 2.52. The molecule has 3 rings (SSSR count). The topological polar surface area (TPSA) is 70.5 Å². The normalized spacial score (nSPS) is 21.2. The molecule has 2 aliphatic carbocycles. The van der Waals surface area contributed by atoms with Gasteiger partial charge < -0.3 is 10.0 Å². The van der Waals surface area contributed by atoms with E-state index in [0.717, 1.165) is 36.6 Å². The lowest BCUT2D eigenvalue weighted by Gasteiger charge is -2.22. The minimum Gasteiger partial charge on any atom is -0.481 e. The molecule has 1 amide bonds. The fourth-order valence-corrected chi connectivity index (χ4v) is 4.84. The smallest absolute Gasteiger partial charge is 0.303 e. The van der Waals surface area contributed by atoms with Gasteiger partial charge in [0.1, 0.15) is 5.01 Å². The van der Waals surface area contributed by atoms with Crippen LogP contribution in [0.2, 0.25) is 0 Å². The van der Waals surface area contributed by atoms with Crippen LogP contribution in [0.25, 0.3) is 0 Å². The van der Waals surface area contributed by atoms with Gasteiger partial charge in [0.05, 0.1) is 18.7 Å². The summed E-state index contributed by atoms with van der Waals surface area (Å²) in [6.07, 6.45) is 5.53. The van der Waals surface area contributed by atoms with Crippen molar-refractivity contribution in [2.24, 2.45) is 11.3 Å². The number of aliphatic carboxylic acids is 1. The number of fused-ring (bicyclic) bond motifs is 1. The van der Waals surface area contributed by atoms with Crippen LogP contribution in [-0.4, -0.2) is 33.4 Å². The lowest BCUT2D eigenvalue weighted by atomic mass is 9.93. The average molecular weight is 350 g/mol. The Kier molecular flexibility index (Phi) is 4.95. The summed E-state index contributed by atoms with van der Waals surface area (Å²) in [5.74, 6) is -0.0108. The standard InChI is InChI=1S/C18H26N2O3S/c1-3-20(16(21)9-18(6-7-18)10-17(22)23)11-15-19-13-5-4-12(2)8-14(13)24-15/h12H,3-11H2,1-2H3,(H,22,23). The molecule has 0 bridgehead atoms. The summed E-state index contributed by atoms with van der Waals surface area (Å²) >= 11 is 1.75. The number of hydrogen-bond acceptors (Lipinski definition) is 4. The van der Waals surface area contributed by atoms with Gasteiger partial charge >= 0.3 is 5.97 Å². The third-order valence-corrected chi connectivity index (χ3v) is 6.41. The quantitative estimate of drug-likeness (QED) is 0.819. The van der Waals surface area contributed by atoms with Crippen molar-refractivity contribution in [1.29, 1.82) is 0 Å². The Bertz CT molecular complexity index is 636. The van der Waals surface area contributed by atoms with Gasteiger partial charge in [-0.3, -0.25) is 9.59 Å². The van der Waals surface area contributed by atoms with Crippen LogP contribution in [0.4, 0.5) is 0 Å². The third kappa shape index (κ3) is 3.97. The highest BCUT2D eigenvalue weighted by molar-refractivity contribution is 7.11. The van der Waals surface area contributed by atoms with Crippen LogP contribution in [0.3, 0.4) is 0 Å². The third-order valence-electron chi connectivity index (χ3n) is 5.30. The maximum atomic E-state index is 12.6. The number of aromatic nitrogens is 1. The van der Waals surface area contributed by atoms with Crippen LogP contribution in [0.1, 0.15) is 61.5 Å². The van der Waals surface area contributed by atoms with E-state index in [0.29, 0.717) is 19.5 Å². The maximum Gasteiger partial charge on any atom is 0.303 e. The second kappa shape index (κ2) is 6.82. The molecule has 0 aromatic carbocycles. The van der Waals surface area contributed by atoms with Crippen LogP contribution >= 0.6 is 11.3 Å². The van der Waals surface area contributed by atoms with Gasteiger partial charge in [-0.25, -0.2) is 4.98 Å². The molecular formula is C18H26N2O3S. The summed E-state index contributed by atoms with van der Waals surface area (Å²) in [4.78, 5) is 31.6. The van der Waals surface area contributed by atoms with Crippen LogP contribution in [0, 0.1) is 11.3 Å². The average Bonchev–Trinajstić information content (AvgIpc) is 3.12. The lowest BCUT2D eigenvalue weighted by molar-refractivity contribution is -0.139. The number of amides is 1. The molecule has 1 unspecified atom stereocenters. The van der Waals surface area contributed by atoms with Crippen LogP contribution in [0.15, 0.2) is 0 Å². The zero-order valence-electron chi connectivity index (χ0n) is 14.5. The number of carboxylic acids is 1. The van der Waals surface area contributed by atoms with Crippen molar-refractivity contribution in [3.05, 3.63) is 15.6 Å². The Labute approximate surface area is 147 Å². The van der Waals surface area contributed by atoms with E-state index in [2.05, 4.69) is 6.92 Å². The molecule has 2 aliphatic rings. The lowest BCUT2D eigenvalue weighted by Crippen LogP contribution is -2.32. The molecule has 1 heterocycles. The Hall–Kier alpha value is -1.43. The van der Waals surface area contributed by atoms with Crippen molar-refractivity contribution in [2.45, 2.75) is 65.3 Å². The van der Waals surface area contributed by atoms with Gasteiger partial charge in [0.15, 0.2) is 0 Å². The molecule has 6 heteroatoms. The van der Waals surface area contributed by atoms with Crippen LogP contribution in [-0.2, 0) is 29.0 Å². The molecule has 0 aliphatic heterocycles. The molecule has 24 heavy (non-hydrogen) atoms. The van der Waals surface area contributed by atoms with Gasteiger partial charge in [-0.1, -0.05) is 6.92 Å². The number of thiazole rings is 1. The van der Waals surface area contributed by atoms with Gasteiger partial charge in [0, 0.05) is 17.8 Å². The first-order valence-electron chi connectivity index (χ1n) is 8.88. The van der Waals surface area contributed by atoms with E-state index in [9.17, 15) is 9.59 Å². The molecule has 132 valence electrons. The number of carbonyl (C=O) groups excluding carboxylic acids is 1. The molecule has 1 aromatic heterocycles. The van der Waals surface area contributed by atoms with E-state index >= 15 is 0 Å². The number of carbonyl (C=O) groups is 2. The van der Waals surface area contributed by atoms with E-state index in [-0.39, 0.29) is 17.7 Å². The zero-order chi connectivity index (χ0) is 17.3. The highest BCUT2D eigenvalue weighted by atomic mass is 32.1. The molecule has 0 spiro atoms. The summed E-state index contributed by atoms with van der Waals surface area (Å²) in [6.45, 7) is 5.46. The van der Waals surface area contributed by atoms with Crippen molar-refractivity contribution in [3.63, 3.8) is 0 Å². The monoisotopic (exact) mass is 350 g/mol. The Morgan fingerprint density at radius 2 is 2.12 bits per heavy atom. The minimum absolute atomic E-state index is 0.0674. The summed E-state index contributed by atoms with van der Waals surface area (Å²) in [7, 11) is 0. The van der Waals surface area contributed by atoms with E-state index in [1.165, 1.54) is 17.0 Å². The number of nitrogens with zero attached hydrogens (tertiary/aromatic N) is 2. The van der Waals surface area contributed by atoms with Gasteiger partial charge in [-0.15, -0.1) is 11.3 Å². The largest absolute Gasteiger partial charge is 0.481 e. The molecule has 1 fully saturated rings. The summed E-state index contributed by atoms with van der Waals surface area (Å²) in [5, 5.41) is 10.0. The van der Waals surface area contributed by atoms with Gasteiger partial charge in [-0.2, -0.15) is 0 Å². The predicted molar refractivity (Wildman–Crippen MR) is 92.9 cm³/mol. The van der Waals surface area contributed by atoms with Crippen molar-refractivity contribution in [3.8, 4) is 0 Å². The van der Waals surface area contributed by atoms with Crippen LogP contribution < -0.4 is 0 Å². The van der Waals surface area contributed by atoms with Crippen LogP contribution in [0.5, 0.6) is 0 Å². The summed E-state index contributed by atoms with van der Waals surface area (Å²) < 4.78 is 0. The zero-order valence-corrected chi connectivity index (χ0v) is 15.3. The van der Waals surface area contributed by atoms with E-state index < -0.39 is 5.97 Å². The second-order valence-electron chi connectivity index (χ2n) is 7.48. The molecule has 1 atom stereocenters. The van der Waals surface area contributed by atoms with E-state index in [1.807, 2.05) is 11.8 Å². The van der Waals surface area contributed by atoms with Gasteiger partial charge in [0.2, 0.25) is 5.91 Å². The maximum absolute atomic E-state index is 12.6. The van der Waals surface area contributed by atoms with Crippen molar-refractivity contribution < 1.29 is 14.7 Å². The first-order valence-corrected chi connectivity index (χ1v) is 9.69. The predicted octanol–water partition coefficient (Wildman–Crippen LogP) is 3.26. The molecule has 1 N–H and O–H groups in total. The molecule has 0 radical (unpaired) electrons. The Morgan fingerprint density at radius 3 is 2.75 bits per heavy atom. The molecule has 0 saturated heterocycles. The van der Waals surface area contributed by atoms with Crippen molar-refractivity contribution in [2.75, 3.05) is 6.54 Å². The van der Waals surface area contributed by atoms with E-state index in [4.69, 9.17) is 10.1 Å². The SMILES string of the molecule is CCN(Cc1nc2c(s1)CC(C)CC2)C(=O)CC1(CC(=O)O)CC1. The Balaban J connectivity index is 1.62. The fraction of sp³-hybridized carbons (Fsp3) is 0.722. The Morgan fingerprint density at radius 1 is 1.38 bits per heavy atom. The van der Waals surface area contributed by atoms with Crippen molar-refractivity contribution >= 4 is 23.2 Å². The van der Waals surface area contributed by atoms with Crippen molar-refractivity contribution in [1.82, 2.24) is 9.88 Å². The number of rotatable bonds is 7. The molecular weight excluding hydrogens is 324 g/mol. The van der Waals surface area contributed by atoms with Gasteiger partial charge in [-0.05, 0) is 50.4 Å². The molecule has 5 nitrogen and oxygen atoms in total. The summed E-state index contributed by atoms with van der Waals surface area (Å²) in [6, 6.07) is 0. The first kappa shape index (κ1) is 17.4. The molecule has 1 saturated carbocycles. The first-order chi connectivity index (χ1) is 11.4. The highest BCUT2D eigenvalue weighted by Gasteiger charge is 2.46. The number of carboxylic acid groups (broad SMARTS) is 1. The van der Waals surface area contributed by atoms with Gasteiger partial charge in [0.25, 0.3) is 0 Å².